The van der Waals surface area contributed by atoms with Gasteiger partial charge in [-0.25, -0.2) is 19.0 Å². The SMILES string of the molecule is CCN(CC)[C@H]1CCc2c(C)c(F)cc3nc4c(c1c23)Cn1c-4cc2c(c1=O)COC(=O)[C@@]2(CC)OC(=O)[C@@H](NC(=O)[C@@H]1CCCN1C(=O)[C@H](CC(=O)O)NC(=O)CCOCCOCCOCCNC(=O)CCCC(=O)C(C)(CC)CC)C(C)C. The maximum Gasteiger partial charge on any atom is 0.355 e. The first-order valence-corrected chi connectivity index (χ1v) is 30.3. The lowest BCUT2D eigenvalue weighted by Crippen LogP contribution is -2.57. The van der Waals surface area contributed by atoms with Crippen LogP contribution in [0.2, 0.25) is 0 Å². The fourth-order valence-corrected chi connectivity index (χ4v) is 12.3. The summed E-state index contributed by atoms with van der Waals surface area (Å²) in [5, 5.41) is 18.7. The maximum atomic E-state index is 15.6. The number of fused-ring (bicyclic) bond motifs is 5. The number of Topliss-reactive ketones (excluding diaryl/α,β-unsaturated/α-hetero) is 1. The number of hydrogen-bond donors (Lipinski definition) is 4. The highest BCUT2D eigenvalue weighted by molar-refractivity contribution is 5.97. The highest BCUT2D eigenvalue weighted by atomic mass is 19.1. The Kier molecular flexibility index (Phi) is 22.6. The number of aromatic nitrogens is 2. The van der Waals surface area contributed by atoms with Crippen LogP contribution < -0.4 is 21.5 Å². The van der Waals surface area contributed by atoms with Gasteiger partial charge in [-0.2, -0.15) is 0 Å². The Morgan fingerprint density at radius 3 is 2.21 bits per heavy atom. The molecule has 466 valence electrons. The first-order valence-electron chi connectivity index (χ1n) is 30.3. The fourth-order valence-electron chi connectivity index (χ4n) is 12.3. The number of hydrogen-bond acceptors (Lipinski definition) is 16. The Morgan fingerprint density at radius 1 is 0.882 bits per heavy atom. The number of ketones is 1. The third kappa shape index (κ3) is 14.4. The van der Waals surface area contributed by atoms with Crippen molar-refractivity contribution in [3.63, 3.8) is 0 Å². The smallest absolute Gasteiger partial charge is 0.355 e. The summed E-state index contributed by atoms with van der Waals surface area (Å²) in [5.41, 5.74) is 1.86. The summed E-state index contributed by atoms with van der Waals surface area (Å²) in [7, 11) is 0. The van der Waals surface area contributed by atoms with Gasteiger partial charge in [0.1, 0.15) is 36.3 Å². The minimum absolute atomic E-state index is 0.0310. The number of ether oxygens (including phenoxy) is 5. The van der Waals surface area contributed by atoms with Crippen LogP contribution in [-0.2, 0) is 87.2 Å². The summed E-state index contributed by atoms with van der Waals surface area (Å²) in [4.78, 5) is 130. The highest BCUT2D eigenvalue weighted by Gasteiger charge is 2.52. The standard InChI is InChI=1S/C62H86FN7O15/c1-10-61(9,11-2)48(71)18-15-19-49(72)64-23-26-82-28-30-83-29-27-81-25-22-50(73)65-44(33-51(74)75)58(78)69-24-16-17-46(69)56(76)67-54(36(6)7)59(79)85-62(12-3)41-31-47-55-39(34-70(47)57(77)40(41)35-84-60(62)80)53-45(68(13-4)14-5)21-20-38-37(8)42(63)32-43(66-55)52(38)53/h31-32,36,44-46,54H,10-30,33-35H2,1-9H3,(H,64,72)(H,65,73)(H,67,76)(H,74,75)/t44-,45-,46-,54-,62-/m0/s1. The molecule has 4 aliphatic rings. The van der Waals surface area contributed by atoms with Crippen LogP contribution in [0.5, 0.6) is 0 Å². The largest absolute Gasteiger partial charge is 0.481 e. The van der Waals surface area contributed by atoms with Gasteiger partial charge >= 0.3 is 17.9 Å². The van der Waals surface area contributed by atoms with Crippen molar-refractivity contribution in [1.29, 1.82) is 0 Å². The van der Waals surface area contributed by atoms with Gasteiger partial charge in [-0.1, -0.05) is 55.4 Å². The Morgan fingerprint density at radius 2 is 1.56 bits per heavy atom. The Bertz CT molecular complexity index is 3070. The van der Waals surface area contributed by atoms with Gasteiger partial charge in [0.15, 0.2) is 0 Å². The zero-order chi connectivity index (χ0) is 61.9. The first kappa shape index (κ1) is 65.8. The number of carboxylic acids is 1. The van der Waals surface area contributed by atoms with Gasteiger partial charge in [0.2, 0.25) is 29.2 Å². The quantitative estimate of drug-likeness (QED) is 0.0341. The molecule has 5 atom stereocenters. The number of pyridine rings is 2. The van der Waals surface area contributed by atoms with Crippen molar-refractivity contribution in [1.82, 2.24) is 35.3 Å². The molecule has 2 aromatic heterocycles. The number of benzene rings is 1. The van der Waals surface area contributed by atoms with Gasteiger partial charge in [-0.15, -0.1) is 0 Å². The van der Waals surface area contributed by atoms with E-state index in [9.17, 15) is 48.3 Å². The molecule has 0 bridgehead atoms. The van der Waals surface area contributed by atoms with E-state index in [1.54, 1.807) is 38.3 Å². The van der Waals surface area contributed by atoms with E-state index in [2.05, 4.69) is 34.7 Å². The number of esters is 2. The lowest BCUT2D eigenvalue weighted by atomic mass is 9.78. The summed E-state index contributed by atoms with van der Waals surface area (Å²) in [5.74, 6) is -6.52. The Labute approximate surface area is 495 Å². The van der Waals surface area contributed by atoms with Crippen molar-refractivity contribution in [2.24, 2.45) is 11.3 Å². The summed E-state index contributed by atoms with van der Waals surface area (Å²) < 4.78 is 45.6. The van der Waals surface area contributed by atoms with Crippen molar-refractivity contribution >= 4 is 58.2 Å². The van der Waals surface area contributed by atoms with Crippen LogP contribution in [-0.4, -0.2) is 156 Å². The second kappa shape index (κ2) is 29.1. The monoisotopic (exact) mass is 1190 g/mol. The number of carbonyl (C=O) groups excluding carboxylic acids is 7. The van der Waals surface area contributed by atoms with Gasteiger partial charge in [-0.3, -0.25) is 38.5 Å². The normalized spacial score (nSPS) is 18.6. The average molecular weight is 1190 g/mol. The molecule has 4 amide bonds. The Hall–Kier alpha value is -6.69. The highest BCUT2D eigenvalue weighted by Crippen LogP contribution is 2.48. The van der Waals surface area contributed by atoms with Gasteiger partial charge in [0.25, 0.3) is 5.56 Å². The molecule has 1 saturated heterocycles. The lowest BCUT2D eigenvalue weighted by Gasteiger charge is -2.37. The summed E-state index contributed by atoms with van der Waals surface area (Å²) in [6.07, 6.45) is 3.41. The van der Waals surface area contributed by atoms with Crippen LogP contribution in [0.25, 0.3) is 22.3 Å². The van der Waals surface area contributed by atoms with Crippen LogP contribution in [0, 0.1) is 24.1 Å². The number of likely N-dealkylation sites (tertiary alicyclic amines) is 1. The van der Waals surface area contributed by atoms with E-state index in [0.717, 1.165) is 54.4 Å². The third-order valence-corrected chi connectivity index (χ3v) is 17.7. The minimum atomic E-state index is -2.14. The molecule has 7 rings (SSSR count). The molecule has 4 N–H and O–H groups in total. The molecule has 5 heterocycles. The average Bonchev–Trinajstić information content (AvgIpc) is 1.74. The molecule has 1 aliphatic carbocycles. The zero-order valence-corrected chi connectivity index (χ0v) is 50.8. The van der Waals surface area contributed by atoms with E-state index in [0.29, 0.717) is 54.7 Å². The predicted molar refractivity (Wildman–Crippen MR) is 310 cm³/mol. The second-order valence-corrected chi connectivity index (χ2v) is 23.1. The van der Waals surface area contributed by atoms with Crippen molar-refractivity contribution in [2.45, 2.75) is 182 Å². The number of carbonyl (C=O) groups is 8. The molecule has 1 fully saturated rings. The molecular weight excluding hydrogens is 1100 g/mol. The molecule has 0 radical (unpaired) electrons. The molecule has 3 aliphatic heterocycles. The topological polar surface area (TPSA) is 280 Å². The van der Waals surface area contributed by atoms with Crippen LogP contribution >= 0.6 is 0 Å². The van der Waals surface area contributed by atoms with Crippen molar-refractivity contribution in [3.8, 4) is 11.4 Å². The van der Waals surface area contributed by atoms with Gasteiger partial charge in [-0.05, 0) is 100 Å². The molecule has 0 saturated carbocycles. The van der Waals surface area contributed by atoms with Gasteiger partial charge in [0, 0.05) is 66.4 Å². The number of amides is 4. The number of halogens is 1. The van der Waals surface area contributed by atoms with E-state index >= 15 is 4.39 Å². The number of rotatable bonds is 32. The molecule has 0 spiro atoms. The van der Waals surface area contributed by atoms with Crippen LogP contribution in [0.1, 0.15) is 165 Å². The van der Waals surface area contributed by atoms with Gasteiger partial charge in [0.05, 0.1) is 75.1 Å². The van der Waals surface area contributed by atoms with E-state index in [1.807, 2.05) is 20.8 Å². The first-order chi connectivity index (χ1) is 40.6. The summed E-state index contributed by atoms with van der Waals surface area (Å²) in [6, 6.07) is -1.05. The van der Waals surface area contributed by atoms with Crippen LogP contribution in [0.15, 0.2) is 16.9 Å². The molecule has 3 aromatic rings. The van der Waals surface area contributed by atoms with E-state index in [1.165, 1.54) is 11.0 Å². The van der Waals surface area contributed by atoms with Crippen LogP contribution in [0.4, 0.5) is 4.39 Å². The van der Waals surface area contributed by atoms with Crippen molar-refractivity contribution in [3.05, 3.63) is 61.7 Å². The Balaban J connectivity index is 0.932. The number of aliphatic carboxylic acids is 1. The molecule has 85 heavy (non-hydrogen) atoms. The van der Waals surface area contributed by atoms with E-state index in [4.69, 9.17) is 28.7 Å². The summed E-state index contributed by atoms with van der Waals surface area (Å²) >= 11 is 0. The maximum absolute atomic E-state index is 15.6. The fraction of sp³-hybridized carbons (Fsp3) is 0.645. The zero-order valence-electron chi connectivity index (χ0n) is 50.8. The number of aryl methyl sites for hydroxylation is 1. The minimum Gasteiger partial charge on any atom is -0.481 e. The summed E-state index contributed by atoms with van der Waals surface area (Å²) in [6.45, 7) is 19.5. The third-order valence-electron chi connectivity index (χ3n) is 17.7. The molecule has 0 unspecified atom stereocenters. The van der Waals surface area contributed by atoms with Crippen molar-refractivity contribution in [2.75, 3.05) is 65.8 Å². The number of carboxylic acid groups (broad SMARTS) is 1. The predicted octanol–water partition coefficient (Wildman–Crippen LogP) is 5.62. The van der Waals surface area contributed by atoms with E-state index < -0.39 is 77.3 Å². The number of nitrogens with zero attached hydrogens (tertiary/aromatic N) is 4. The van der Waals surface area contributed by atoms with Gasteiger partial charge < -0.3 is 54.2 Å². The second-order valence-electron chi connectivity index (χ2n) is 23.1. The number of nitrogens with one attached hydrogen (secondary N) is 3. The molecule has 23 heteroatoms. The number of cyclic esters (lactones) is 1. The lowest BCUT2D eigenvalue weighted by molar-refractivity contribution is -0.191. The van der Waals surface area contributed by atoms with E-state index in [-0.39, 0.29) is 125 Å². The molecule has 1 aromatic carbocycles. The van der Waals surface area contributed by atoms with Crippen molar-refractivity contribution < 1.29 is 71.5 Å². The molecular formula is C62H86FN7O15. The molecule has 22 nitrogen and oxygen atoms in total. The van der Waals surface area contributed by atoms with Crippen LogP contribution in [0.3, 0.4) is 0 Å².